The van der Waals surface area contributed by atoms with E-state index in [2.05, 4.69) is 10.5 Å². The number of benzene rings is 1. The second kappa shape index (κ2) is 5.88. The summed E-state index contributed by atoms with van der Waals surface area (Å²) in [6.45, 7) is 0.238. The molecule has 0 aliphatic heterocycles. The molecule has 18 heavy (non-hydrogen) atoms. The lowest BCUT2D eigenvalue weighted by molar-refractivity contribution is 0.0228. The first-order valence-corrected chi connectivity index (χ1v) is 5.34. The summed E-state index contributed by atoms with van der Waals surface area (Å²) < 4.78 is 12.8. The number of pyridine rings is 1. The molecule has 1 amide bonds. The summed E-state index contributed by atoms with van der Waals surface area (Å²) in [5.74, 6) is -1.28. The Kier molecular flexibility index (Phi) is 3.98. The normalized spacial score (nSPS) is 10.1. The van der Waals surface area contributed by atoms with Gasteiger partial charge < -0.3 is 0 Å². The third-order valence-corrected chi connectivity index (χ3v) is 2.19. The number of hydroxylamine groups is 1. The van der Waals surface area contributed by atoms with E-state index in [0.29, 0.717) is 0 Å². The standard InChI is InChI=1S/C13H11FN2O2/c14-12-8-4-7-11(15-12)13(17)16-18-9-10-5-2-1-3-6-10/h1-8H,9H2,(H,16,17). The highest BCUT2D eigenvalue weighted by Gasteiger charge is 2.07. The minimum atomic E-state index is -0.703. The van der Waals surface area contributed by atoms with Crippen LogP contribution in [0.15, 0.2) is 48.5 Å². The van der Waals surface area contributed by atoms with Gasteiger partial charge in [-0.25, -0.2) is 10.5 Å². The molecule has 92 valence electrons. The number of rotatable bonds is 4. The molecule has 0 aliphatic rings. The van der Waals surface area contributed by atoms with Crippen molar-refractivity contribution in [3.63, 3.8) is 0 Å². The highest BCUT2D eigenvalue weighted by atomic mass is 19.1. The van der Waals surface area contributed by atoms with Crippen LogP contribution in [0.25, 0.3) is 0 Å². The zero-order valence-electron chi connectivity index (χ0n) is 9.47. The highest BCUT2D eigenvalue weighted by molar-refractivity contribution is 5.91. The molecule has 0 unspecified atom stereocenters. The third kappa shape index (κ3) is 3.36. The average Bonchev–Trinajstić information content (AvgIpc) is 2.40. The van der Waals surface area contributed by atoms with Gasteiger partial charge in [0.05, 0.1) is 6.61 Å². The molecule has 0 radical (unpaired) electrons. The van der Waals surface area contributed by atoms with Gasteiger partial charge in [-0.15, -0.1) is 0 Å². The van der Waals surface area contributed by atoms with E-state index >= 15 is 0 Å². The van der Waals surface area contributed by atoms with Gasteiger partial charge in [0, 0.05) is 0 Å². The highest BCUT2D eigenvalue weighted by Crippen LogP contribution is 2.00. The lowest BCUT2D eigenvalue weighted by atomic mass is 10.2. The number of nitrogens with one attached hydrogen (secondary N) is 1. The van der Waals surface area contributed by atoms with Crippen LogP contribution in [0.4, 0.5) is 4.39 Å². The molecule has 1 heterocycles. The molecule has 5 heteroatoms. The fourth-order valence-electron chi connectivity index (χ4n) is 1.35. The Hall–Kier alpha value is -2.27. The van der Waals surface area contributed by atoms with E-state index in [4.69, 9.17) is 4.84 Å². The van der Waals surface area contributed by atoms with E-state index in [-0.39, 0.29) is 12.3 Å². The first-order valence-electron chi connectivity index (χ1n) is 5.34. The molecular formula is C13H11FN2O2. The lowest BCUT2D eigenvalue weighted by Crippen LogP contribution is -2.24. The van der Waals surface area contributed by atoms with Crippen molar-refractivity contribution < 1.29 is 14.0 Å². The van der Waals surface area contributed by atoms with Gasteiger partial charge in [-0.05, 0) is 17.7 Å². The van der Waals surface area contributed by atoms with Crippen molar-refractivity contribution in [1.82, 2.24) is 10.5 Å². The monoisotopic (exact) mass is 246 g/mol. The van der Waals surface area contributed by atoms with Crippen molar-refractivity contribution in [3.05, 3.63) is 65.7 Å². The van der Waals surface area contributed by atoms with Crippen molar-refractivity contribution in [2.75, 3.05) is 0 Å². The van der Waals surface area contributed by atoms with Crippen LogP contribution in [0.3, 0.4) is 0 Å². The third-order valence-electron chi connectivity index (χ3n) is 2.19. The largest absolute Gasteiger partial charge is 0.293 e. The Morgan fingerprint density at radius 3 is 2.67 bits per heavy atom. The fourth-order valence-corrected chi connectivity index (χ4v) is 1.35. The fraction of sp³-hybridized carbons (Fsp3) is 0.0769. The van der Waals surface area contributed by atoms with Crippen LogP contribution < -0.4 is 5.48 Å². The molecule has 1 aromatic carbocycles. The molecule has 1 N–H and O–H groups in total. The smallest absolute Gasteiger partial charge is 0.269 e. The predicted octanol–water partition coefficient (Wildman–Crippen LogP) is 2.08. The van der Waals surface area contributed by atoms with Crippen molar-refractivity contribution in [2.45, 2.75) is 6.61 Å². The summed E-state index contributed by atoms with van der Waals surface area (Å²) in [6.07, 6.45) is 0. The average molecular weight is 246 g/mol. The number of carbonyl (C=O) groups is 1. The van der Waals surface area contributed by atoms with Gasteiger partial charge in [0.2, 0.25) is 5.95 Å². The van der Waals surface area contributed by atoms with Gasteiger partial charge in [0.1, 0.15) is 5.69 Å². The van der Waals surface area contributed by atoms with Crippen molar-refractivity contribution >= 4 is 5.91 Å². The molecule has 0 aliphatic carbocycles. The Labute approximate surface area is 103 Å². The summed E-state index contributed by atoms with van der Waals surface area (Å²) in [5, 5.41) is 0. The van der Waals surface area contributed by atoms with E-state index in [1.807, 2.05) is 30.3 Å². The first-order chi connectivity index (χ1) is 8.75. The number of amides is 1. The van der Waals surface area contributed by atoms with E-state index < -0.39 is 11.9 Å². The Morgan fingerprint density at radius 1 is 1.17 bits per heavy atom. The molecule has 4 nitrogen and oxygen atoms in total. The van der Waals surface area contributed by atoms with E-state index in [0.717, 1.165) is 5.56 Å². The van der Waals surface area contributed by atoms with Crippen molar-refractivity contribution in [3.8, 4) is 0 Å². The molecule has 0 fully saturated rings. The molecule has 0 bridgehead atoms. The summed E-state index contributed by atoms with van der Waals surface area (Å²) in [6, 6.07) is 13.3. The maximum atomic E-state index is 12.8. The zero-order chi connectivity index (χ0) is 12.8. The van der Waals surface area contributed by atoms with Crippen LogP contribution in [0.2, 0.25) is 0 Å². The van der Waals surface area contributed by atoms with E-state index in [1.54, 1.807) is 0 Å². The quantitative estimate of drug-likeness (QED) is 0.663. The maximum Gasteiger partial charge on any atom is 0.293 e. The topological polar surface area (TPSA) is 51.2 Å². The van der Waals surface area contributed by atoms with E-state index in [1.165, 1.54) is 18.2 Å². The van der Waals surface area contributed by atoms with Gasteiger partial charge in [-0.2, -0.15) is 4.39 Å². The summed E-state index contributed by atoms with van der Waals surface area (Å²) in [5.41, 5.74) is 3.10. The van der Waals surface area contributed by atoms with Gasteiger partial charge in [-0.1, -0.05) is 36.4 Å². The molecule has 2 rings (SSSR count). The van der Waals surface area contributed by atoms with Gasteiger partial charge in [-0.3, -0.25) is 9.63 Å². The summed E-state index contributed by atoms with van der Waals surface area (Å²) in [4.78, 5) is 20.0. The molecule has 0 saturated heterocycles. The molecule has 1 aromatic heterocycles. The number of hydrogen-bond acceptors (Lipinski definition) is 3. The molecule has 0 atom stereocenters. The number of aromatic nitrogens is 1. The number of nitrogens with zero attached hydrogens (tertiary/aromatic N) is 1. The number of hydrogen-bond donors (Lipinski definition) is 1. The van der Waals surface area contributed by atoms with Gasteiger partial charge >= 0.3 is 0 Å². The van der Waals surface area contributed by atoms with Crippen LogP contribution >= 0.6 is 0 Å². The minimum absolute atomic E-state index is 0.0249. The Morgan fingerprint density at radius 2 is 1.94 bits per heavy atom. The number of halogens is 1. The summed E-state index contributed by atoms with van der Waals surface area (Å²) >= 11 is 0. The van der Waals surface area contributed by atoms with E-state index in [9.17, 15) is 9.18 Å². The second-order valence-corrected chi connectivity index (χ2v) is 3.55. The minimum Gasteiger partial charge on any atom is -0.269 e. The molecular weight excluding hydrogens is 235 g/mol. The summed E-state index contributed by atoms with van der Waals surface area (Å²) in [7, 11) is 0. The first kappa shape index (κ1) is 12.2. The Balaban J connectivity index is 1.86. The SMILES string of the molecule is O=C(NOCc1ccccc1)c1cccc(F)n1. The molecule has 2 aromatic rings. The van der Waals surface area contributed by atoms with Crippen molar-refractivity contribution in [1.29, 1.82) is 0 Å². The molecule has 0 spiro atoms. The van der Waals surface area contributed by atoms with Crippen LogP contribution in [0.5, 0.6) is 0 Å². The van der Waals surface area contributed by atoms with Crippen LogP contribution in [-0.4, -0.2) is 10.9 Å². The van der Waals surface area contributed by atoms with Gasteiger partial charge in [0.25, 0.3) is 5.91 Å². The van der Waals surface area contributed by atoms with Gasteiger partial charge in [0.15, 0.2) is 0 Å². The lowest BCUT2D eigenvalue weighted by Gasteiger charge is -2.05. The zero-order valence-corrected chi connectivity index (χ0v) is 9.47. The number of carbonyl (C=O) groups excluding carboxylic acids is 1. The van der Waals surface area contributed by atoms with Crippen LogP contribution in [-0.2, 0) is 11.4 Å². The van der Waals surface area contributed by atoms with Crippen LogP contribution in [0, 0.1) is 5.95 Å². The second-order valence-electron chi connectivity index (χ2n) is 3.55. The maximum absolute atomic E-state index is 12.8. The molecule has 0 saturated carbocycles. The van der Waals surface area contributed by atoms with Crippen LogP contribution in [0.1, 0.15) is 16.1 Å². The predicted molar refractivity (Wildman–Crippen MR) is 62.9 cm³/mol. The Bertz CT molecular complexity index is 532. The van der Waals surface area contributed by atoms with Crippen molar-refractivity contribution in [2.24, 2.45) is 0 Å².